The van der Waals surface area contributed by atoms with Gasteiger partial charge < -0.3 is 0 Å². The molecule has 0 N–H and O–H groups in total. The molecule has 1 aromatic rings. The summed E-state index contributed by atoms with van der Waals surface area (Å²) in [6.45, 7) is 5.88. The fraction of sp³-hybridized carbons (Fsp3) is 0.500. The van der Waals surface area contributed by atoms with Crippen LogP contribution in [0.2, 0.25) is 0 Å². The lowest BCUT2D eigenvalue weighted by atomic mass is 10.2. The molecule has 0 aliphatic rings. The number of aryl methyl sites for hydroxylation is 1. The van der Waals surface area contributed by atoms with Crippen molar-refractivity contribution in [1.29, 1.82) is 0 Å². The highest BCUT2D eigenvalue weighted by molar-refractivity contribution is 7.91. The molecule has 15 heavy (non-hydrogen) atoms. The van der Waals surface area contributed by atoms with E-state index in [1.165, 1.54) is 5.56 Å². The van der Waals surface area contributed by atoms with Crippen molar-refractivity contribution in [3.8, 4) is 0 Å². The number of benzene rings is 1. The Morgan fingerprint density at radius 1 is 1.13 bits per heavy atom. The lowest BCUT2D eigenvalue weighted by Crippen LogP contribution is -2.11. The number of sulfone groups is 1. The summed E-state index contributed by atoms with van der Waals surface area (Å²) < 4.78 is 23.7. The van der Waals surface area contributed by atoms with Crippen LogP contribution < -0.4 is 0 Å². The Hall–Kier alpha value is -0.830. The minimum absolute atomic E-state index is 0.167. The summed E-state index contributed by atoms with van der Waals surface area (Å²) in [4.78, 5) is 0.438. The zero-order valence-corrected chi connectivity index (χ0v) is 10.3. The van der Waals surface area contributed by atoms with Gasteiger partial charge in [0.2, 0.25) is 0 Å². The van der Waals surface area contributed by atoms with Crippen molar-refractivity contribution in [3.05, 3.63) is 29.8 Å². The van der Waals surface area contributed by atoms with Gasteiger partial charge in [-0.25, -0.2) is 8.42 Å². The predicted molar refractivity (Wildman–Crippen MR) is 62.7 cm³/mol. The van der Waals surface area contributed by atoms with Gasteiger partial charge in [-0.3, -0.25) is 0 Å². The van der Waals surface area contributed by atoms with Gasteiger partial charge in [-0.15, -0.1) is 0 Å². The molecule has 0 aromatic heterocycles. The van der Waals surface area contributed by atoms with E-state index in [9.17, 15) is 8.42 Å². The van der Waals surface area contributed by atoms with Gasteiger partial charge in [-0.05, 0) is 30.0 Å². The van der Waals surface area contributed by atoms with Crippen LogP contribution in [0, 0.1) is 5.92 Å². The van der Waals surface area contributed by atoms with E-state index in [2.05, 4.69) is 6.92 Å². The highest BCUT2D eigenvalue weighted by Crippen LogP contribution is 2.15. The molecule has 0 heterocycles. The van der Waals surface area contributed by atoms with E-state index in [1.807, 2.05) is 26.0 Å². The predicted octanol–water partition coefficient (Wildman–Crippen LogP) is 2.68. The molecule has 0 saturated carbocycles. The highest BCUT2D eigenvalue weighted by Gasteiger charge is 2.15. The Morgan fingerprint density at radius 3 is 2.07 bits per heavy atom. The summed E-state index contributed by atoms with van der Waals surface area (Å²) >= 11 is 0. The van der Waals surface area contributed by atoms with Gasteiger partial charge in [0.1, 0.15) is 0 Å². The van der Waals surface area contributed by atoms with Crippen molar-refractivity contribution in [1.82, 2.24) is 0 Å². The molecular formula is C12H18O2S. The number of rotatable bonds is 4. The Balaban J connectivity index is 2.96. The largest absolute Gasteiger partial charge is 0.224 e. The van der Waals surface area contributed by atoms with Gasteiger partial charge >= 0.3 is 0 Å². The molecule has 0 atom stereocenters. The minimum atomic E-state index is -3.08. The molecule has 1 aromatic carbocycles. The van der Waals surface area contributed by atoms with E-state index >= 15 is 0 Å². The van der Waals surface area contributed by atoms with Crippen molar-refractivity contribution in [2.24, 2.45) is 5.92 Å². The molecule has 0 bridgehead atoms. The molecule has 0 unspecified atom stereocenters. The van der Waals surface area contributed by atoms with Crippen LogP contribution in [-0.4, -0.2) is 14.2 Å². The summed E-state index contributed by atoms with van der Waals surface area (Å²) in [6, 6.07) is 7.17. The second-order valence-electron chi connectivity index (χ2n) is 4.17. The zero-order valence-electron chi connectivity index (χ0n) is 9.53. The molecule has 0 spiro atoms. The third-order valence-electron chi connectivity index (χ3n) is 2.24. The molecule has 84 valence electrons. The van der Waals surface area contributed by atoms with Crippen molar-refractivity contribution >= 4 is 9.84 Å². The minimum Gasteiger partial charge on any atom is -0.224 e. The van der Waals surface area contributed by atoms with Gasteiger partial charge in [0.25, 0.3) is 0 Å². The summed E-state index contributed by atoms with van der Waals surface area (Å²) in [6.07, 6.45) is 0.935. The Kier molecular flexibility index (Phi) is 3.91. The van der Waals surface area contributed by atoms with Crippen LogP contribution in [0.1, 0.15) is 26.3 Å². The fourth-order valence-corrected chi connectivity index (χ4v) is 3.09. The normalized spacial score (nSPS) is 12.0. The smallest absolute Gasteiger partial charge is 0.178 e. The first-order chi connectivity index (χ1) is 6.95. The van der Waals surface area contributed by atoms with Crippen LogP contribution >= 0.6 is 0 Å². The van der Waals surface area contributed by atoms with Crippen LogP contribution in [0.15, 0.2) is 29.2 Å². The van der Waals surface area contributed by atoms with Gasteiger partial charge in [0.05, 0.1) is 10.6 Å². The van der Waals surface area contributed by atoms with Crippen LogP contribution in [-0.2, 0) is 16.3 Å². The average molecular weight is 226 g/mol. The van der Waals surface area contributed by atoms with Crippen LogP contribution in [0.3, 0.4) is 0 Å². The SMILES string of the molecule is CCc1ccc(S(=O)(=O)CC(C)C)cc1. The Bertz CT molecular complexity index is 402. The van der Waals surface area contributed by atoms with Gasteiger partial charge in [-0.2, -0.15) is 0 Å². The van der Waals surface area contributed by atoms with Gasteiger partial charge in [-0.1, -0.05) is 32.9 Å². The molecule has 0 saturated heterocycles. The third kappa shape index (κ3) is 3.34. The molecule has 0 aliphatic carbocycles. The summed E-state index contributed by atoms with van der Waals surface area (Å²) in [5.41, 5.74) is 1.17. The first-order valence-corrected chi connectivity index (χ1v) is 6.92. The zero-order chi connectivity index (χ0) is 11.5. The molecule has 0 radical (unpaired) electrons. The fourth-order valence-electron chi connectivity index (χ4n) is 1.47. The molecular weight excluding hydrogens is 208 g/mol. The molecule has 0 fully saturated rings. The first-order valence-electron chi connectivity index (χ1n) is 5.27. The van der Waals surface area contributed by atoms with E-state index in [4.69, 9.17) is 0 Å². The van der Waals surface area contributed by atoms with E-state index in [0.717, 1.165) is 6.42 Å². The van der Waals surface area contributed by atoms with Crippen LogP contribution in [0.4, 0.5) is 0 Å². The maximum atomic E-state index is 11.8. The van der Waals surface area contributed by atoms with Gasteiger partial charge in [0.15, 0.2) is 9.84 Å². The lowest BCUT2D eigenvalue weighted by molar-refractivity contribution is 0.582. The molecule has 1 rings (SSSR count). The standard InChI is InChI=1S/C12H18O2S/c1-4-11-5-7-12(8-6-11)15(13,14)9-10(2)3/h5-8,10H,4,9H2,1-3H3. The average Bonchev–Trinajstić information content (AvgIpc) is 2.16. The van der Waals surface area contributed by atoms with Gasteiger partial charge in [0, 0.05) is 0 Å². The molecule has 0 aliphatic heterocycles. The van der Waals surface area contributed by atoms with Crippen LogP contribution in [0.5, 0.6) is 0 Å². The van der Waals surface area contributed by atoms with E-state index < -0.39 is 9.84 Å². The second kappa shape index (κ2) is 4.79. The highest BCUT2D eigenvalue weighted by atomic mass is 32.2. The first kappa shape index (κ1) is 12.2. The van der Waals surface area contributed by atoms with E-state index in [1.54, 1.807) is 12.1 Å². The molecule has 2 nitrogen and oxygen atoms in total. The summed E-state index contributed by atoms with van der Waals surface area (Å²) in [7, 11) is -3.08. The third-order valence-corrected chi connectivity index (χ3v) is 4.34. The quantitative estimate of drug-likeness (QED) is 0.791. The summed E-state index contributed by atoms with van der Waals surface area (Å²) in [5.74, 6) is 0.388. The molecule has 0 amide bonds. The second-order valence-corrected chi connectivity index (χ2v) is 6.21. The number of hydrogen-bond acceptors (Lipinski definition) is 2. The van der Waals surface area contributed by atoms with Crippen molar-refractivity contribution in [3.63, 3.8) is 0 Å². The maximum absolute atomic E-state index is 11.8. The van der Waals surface area contributed by atoms with Crippen LogP contribution in [0.25, 0.3) is 0 Å². The lowest BCUT2D eigenvalue weighted by Gasteiger charge is -2.07. The van der Waals surface area contributed by atoms with E-state index in [0.29, 0.717) is 4.90 Å². The maximum Gasteiger partial charge on any atom is 0.178 e. The summed E-state index contributed by atoms with van der Waals surface area (Å²) in [5, 5.41) is 0. The Morgan fingerprint density at radius 2 is 1.67 bits per heavy atom. The monoisotopic (exact) mass is 226 g/mol. The van der Waals surface area contributed by atoms with Crippen molar-refractivity contribution in [2.45, 2.75) is 32.1 Å². The number of hydrogen-bond donors (Lipinski definition) is 0. The Labute approximate surface area is 92.2 Å². The van der Waals surface area contributed by atoms with E-state index in [-0.39, 0.29) is 11.7 Å². The van der Waals surface area contributed by atoms with Crippen molar-refractivity contribution < 1.29 is 8.42 Å². The molecule has 3 heteroatoms. The van der Waals surface area contributed by atoms with Crippen molar-refractivity contribution in [2.75, 3.05) is 5.75 Å². The topological polar surface area (TPSA) is 34.1 Å².